The molecule has 0 aliphatic heterocycles. The number of hydrogen-bond donors (Lipinski definition) is 1. The quantitative estimate of drug-likeness (QED) is 0.708. The molecule has 1 saturated carbocycles. The van der Waals surface area contributed by atoms with Crippen LogP contribution in [0.15, 0.2) is 46.7 Å². The van der Waals surface area contributed by atoms with Gasteiger partial charge in [-0.15, -0.1) is 0 Å². The van der Waals surface area contributed by atoms with E-state index in [-0.39, 0.29) is 5.41 Å². The molecule has 0 saturated heterocycles. The minimum atomic E-state index is 0.273. The van der Waals surface area contributed by atoms with Crippen LogP contribution in [-0.2, 0) is 0 Å². The number of hydrogen-bond acceptors (Lipinski definition) is 1. The first-order chi connectivity index (χ1) is 9.88. The Hall–Kier alpha value is -1.24. The standard InChI is InChI=1S/C20H31N/c1-14(2)8-10-18-16(4)19(11-9-15(3)21)20(17(18)5)12-6-7-13-20/h9,11,14H,4,6-8,10,12-13,21H2,1-3,5H3/b15-9+,19-11+. The minimum absolute atomic E-state index is 0.273. The smallest absolute Gasteiger partial charge is 0.0171 e. The van der Waals surface area contributed by atoms with Crippen molar-refractivity contribution in [2.45, 2.75) is 66.2 Å². The Bertz CT molecular complexity index is 504. The summed E-state index contributed by atoms with van der Waals surface area (Å²) in [6.45, 7) is 13.4. The zero-order valence-corrected chi connectivity index (χ0v) is 14.3. The fourth-order valence-corrected chi connectivity index (χ4v) is 4.04. The van der Waals surface area contributed by atoms with Gasteiger partial charge in [0, 0.05) is 11.1 Å². The van der Waals surface area contributed by atoms with Gasteiger partial charge in [-0.05, 0) is 68.2 Å². The van der Waals surface area contributed by atoms with E-state index in [9.17, 15) is 0 Å². The summed E-state index contributed by atoms with van der Waals surface area (Å²) in [5, 5.41) is 0. The second-order valence-electron chi connectivity index (χ2n) is 7.29. The topological polar surface area (TPSA) is 26.0 Å². The van der Waals surface area contributed by atoms with E-state index in [2.05, 4.69) is 39.5 Å². The molecular formula is C20H31N. The third kappa shape index (κ3) is 3.02. The SMILES string of the molecule is C=C1C(CCC(C)C)=C(C)C2(CCCC2)/C1=C/C=C(\C)N. The summed E-state index contributed by atoms with van der Waals surface area (Å²) in [6.07, 6.45) is 12.0. The maximum absolute atomic E-state index is 5.84. The molecule has 0 bridgehead atoms. The molecular weight excluding hydrogens is 254 g/mol. The van der Waals surface area contributed by atoms with E-state index < -0.39 is 0 Å². The van der Waals surface area contributed by atoms with Crippen LogP contribution >= 0.6 is 0 Å². The van der Waals surface area contributed by atoms with Crippen molar-refractivity contribution in [3.63, 3.8) is 0 Å². The third-order valence-corrected chi connectivity index (χ3v) is 5.32. The normalized spacial score (nSPS) is 24.1. The van der Waals surface area contributed by atoms with Crippen molar-refractivity contribution in [3.05, 3.63) is 46.7 Å². The lowest BCUT2D eigenvalue weighted by Gasteiger charge is -2.28. The van der Waals surface area contributed by atoms with Gasteiger partial charge in [-0.25, -0.2) is 0 Å². The van der Waals surface area contributed by atoms with Crippen molar-refractivity contribution >= 4 is 0 Å². The Morgan fingerprint density at radius 1 is 1.33 bits per heavy atom. The van der Waals surface area contributed by atoms with Gasteiger partial charge < -0.3 is 5.73 Å². The van der Waals surface area contributed by atoms with Gasteiger partial charge in [0.2, 0.25) is 0 Å². The molecule has 0 heterocycles. The second kappa shape index (κ2) is 6.25. The van der Waals surface area contributed by atoms with Gasteiger partial charge in [0.05, 0.1) is 0 Å². The van der Waals surface area contributed by atoms with Crippen LogP contribution in [0.25, 0.3) is 0 Å². The Morgan fingerprint density at radius 3 is 2.48 bits per heavy atom. The second-order valence-corrected chi connectivity index (χ2v) is 7.29. The maximum atomic E-state index is 5.84. The van der Waals surface area contributed by atoms with E-state index in [0.717, 1.165) is 11.6 Å². The van der Waals surface area contributed by atoms with Gasteiger partial charge in [-0.2, -0.15) is 0 Å². The maximum Gasteiger partial charge on any atom is 0.0171 e. The molecule has 0 radical (unpaired) electrons. The molecule has 0 amide bonds. The molecule has 0 aromatic heterocycles. The first-order valence-electron chi connectivity index (χ1n) is 8.43. The van der Waals surface area contributed by atoms with Gasteiger partial charge in [0.15, 0.2) is 0 Å². The van der Waals surface area contributed by atoms with Gasteiger partial charge in [-0.3, -0.25) is 0 Å². The predicted molar refractivity (Wildman–Crippen MR) is 92.8 cm³/mol. The highest BCUT2D eigenvalue weighted by Crippen LogP contribution is 2.59. The van der Waals surface area contributed by atoms with Crippen LogP contribution in [-0.4, -0.2) is 0 Å². The van der Waals surface area contributed by atoms with Crippen molar-refractivity contribution in [2.24, 2.45) is 17.1 Å². The molecule has 0 aromatic rings. The van der Waals surface area contributed by atoms with Crippen LogP contribution in [0.4, 0.5) is 0 Å². The van der Waals surface area contributed by atoms with Gasteiger partial charge in [0.1, 0.15) is 0 Å². The zero-order chi connectivity index (χ0) is 15.6. The number of rotatable bonds is 4. The highest BCUT2D eigenvalue weighted by Gasteiger charge is 2.45. The van der Waals surface area contributed by atoms with Gasteiger partial charge >= 0.3 is 0 Å². The van der Waals surface area contributed by atoms with Crippen LogP contribution in [0.1, 0.15) is 66.2 Å². The summed E-state index contributed by atoms with van der Waals surface area (Å²) in [5.41, 5.74) is 12.8. The summed E-state index contributed by atoms with van der Waals surface area (Å²) in [7, 11) is 0. The summed E-state index contributed by atoms with van der Waals surface area (Å²) in [6, 6.07) is 0. The molecule has 116 valence electrons. The van der Waals surface area contributed by atoms with E-state index in [4.69, 9.17) is 5.73 Å². The summed E-state index contributed by atoms with van der Waals surface area (Å²) >= 11 is 0. The predicted octanol–water partition coefficient (Wildman–Crippen LogP) is 5.66. The Kier molecular flexibility index (Phi) is 4.81. The van der Waals surface area contributed by atoms with Crippen LogP contribution in [0.2, 0.25) is 0 Å². The molecule has 21 heavy (non-hydrogen) atoms. The van der Waals surface area contributed by atoms with Crippen LogP contribution in [0.3, 0.4) is 0 Å². The Morgan fingerprint density at radius 2 is 1.95 bits per heavy atom. The molecule has 1 fully saturated rings. The molecule has 2 rings (SSSR count). The first-order valence-corrected chi connectivity index (χ1v) is 8.43. The van der Waals surface area contributed by atoms with E-state index in [0.29, 0.717) is 0 Å². The summed E-state index contributed by atoms with van der Waals surface area (Å²) < 4.78 is 0. The molecule has 0 unspecified atom stereocenters. The Balaban J connectivity index is 2.39. The third-order valence-electron chi connectivity index (χ3n) is 5.32. The molecule has 1 heteroatoms. The molecule has 2 aliphatic carbocycles. The van der Waals surface area contributed by atoms with Gasteiger partial charge in [0.25, 0.3) is 0 Å². The van der Waals surface area contributed by atoms with E-state index in [1.54, 1.807) is 5.57 Å². The van der Waals surface area contributed by atoms with Crippen molar-refractivity contribution < 1.29 is 0 Å². The fourth-order valence-electron chi connectivity index (χ4n) is 4.04. The van der Waals surface area contributed by atoms with Crippen molar-refractivity contribution in [2.75, 3.05) is 0 Å². The average molecular weight is 285 g/mol. The lowest BCUT2D eigenvalue weighted by molar-refractivity contribution is 0.465. The number of allylic oxidation sites excluding steroid dienone is 7. The van der Waals surface area contributed by atoms with E-state index >= 15 is 0 Å². The van der Waals surface area contributed by atoms with Crippen molar-refractivity contribution in [1.29, 1.82) is 0 Å². The highest BCUT2D eigenvalue weighted by atomic mass is 14.5. The van der Waals surface area contributed by atoms with Crippen LogP contribution < -0.4 is 5.73 Å². The van der Waals surface area contributed by atoms with Crippen molar-refractivity contribution in [1.82, 2.24) is 0 Å². The van der Waals surface area contributed by atoms with Crippen LogP contribution in [0, 0.1) is 11.3 Å². The molecule has 1 spiro atoms. The van der Waals surface area contributed by atoms with E-state index in [1.807, 2.05) is 6.92 Å². The monoisotopic (exact) mass is 285 g/mol. The molecule has 2 aliphatic rings. The molecule has 1 nitrogen and oxygen atoms in total. The summed E-state index contributed by atoms with van der Waals surface area (Å²) in [4.78, 5) is 0. The van der Waals surface area contributed by atoms with Gasteiger partial charge in [-0.1, -0.05) is 44.9 Å². The average Bonchev–Trinajstić information content (AvgIpc) is 2.94. The largest absolute Gasteiger partial charge is 0.402 e. The van der Waals surface area contributed by atoms with Crippen LogP contribution in [0.5, 0.6) is 0 Å². The summed E-state index contributed by atoms with van der Waals surface area (Å²) in [5.74, 6) is 0.747. The minimum Gasteiger partial charge on any atom is -0.402 e. The molecule has 0 atom stereocenters. The molecule has 2 N–H and O–H groups in total. The first kappa shape index (κ1) is 16.1. The highest BCUT2D eigenvalue weighted by molar-refractivity contribution is 5.62. The lowest BCUT2D eigenvalue weighted by Crippen LogP contribution is -2.17. The Labute approximate surface area is 130 Å². The van der Waals surface area contributed by atoms with Crippen molar-refractivity contribution in [3.8, 4) is 0 Å². The zero-order valence-electron chi connectivity index (χ0n) is 14.3. The lowest BCUT2D eigenvalue weighted by atomic mass is 9.75. The number of nitrogens with two attached hydrogens (primary N) is 1. The molecule has 0 aromatic carbocycles. The van der Waals surface area contributed by atoms with E-state index in [1.165, 1.54) is 55.2 Å². The fraction of sp³-hybridized carbons (Fsp3) is 0.600.